The van der Waals surface area contributed by atoms with Crippen molar-refractivity contribution < 1.29 is 4.79 Å². The van der Waals surface area contributed by atoms with Crippen LogP contribution >= 0.6 is 23.6 Å². The molecule has 1 aliphatic carbocycles. The summed E-state index contributed by atoms with van der Waals surface area (Å²) in [7, 11) is 1.91. The fourth-order valence-corrected chi connectivity index (χ4v) is 3.27. The molecule has 0 saturated heterocycles. The second kappa shape index (κ2) is 4.90. The van der Waals surface area contributed by atoms with Gasteiger partial charge in [0, 0.05) is 23.7 Å². The summed E-state index contributed by atoms with van der Waals surface area (Å²) in [5.74, 6) is 0.909. The standard InChI is InChI=1S/C12H18N2OS2/c1-7-10(17-12(16)13-7)6-11(15)14(3)8(2)9-4-5-9/h8-9H,4-6H2,1-3H3,(H,13,16). The molecule has 1 aromatic rings. The molecule has 1 N–H and O–H groups in total. The van der Waals surface area contributed by atoms with E-state index in [0.717, 1.165) is 20.4 Å². The van der Waals surface area contributed by atoms with Crippen LogP contribution in [0.15, 0.2) is 0 Å². The highest BCUT2D eigenvalue weighted by molar-refractivity contribution is 7.73. The van der Waals surface area contributed by atoms with Crippen molar-refractivity contribution in [1.29, 1.82) is 0 Å². The zero-order valence-corrected chi connectivity index (χ0v) is 12.1. The second-order valence-corrected chi connectivity index (χ2v) is 6.59. The number of H-pyrrole nitrogens is 1. The van der Waals surface area contributed by atoms with E-state index in [9.17, 15) is 4.79 Å². The molecule has 0 radical (unpaired) electrons. The summed E-state index contributed by atoms with van der Waals surface area (Å²) in [6, 6.07) is 0.370. The normalized spacial score (nSPS) is 16.9. The average molecular weight is 270 g/mol. The smallest absolute Gasteiger partial charge is 0.227 e. The Labute approximate surface area is 111 Å². The summed E-state index contributed by atoms with van der Waals surface area (Å²) in [6.45, 7) is 4.11. The SMILES string of the molecule is Cc1[nH]c(=S)sc1CC(=O)N(C)C(C)C1CC1. The van der Waals surface area contributed by atoms with E-state index < -0.39 is 0 Å². The molecule has 0 spiro atoms. The van der Waals surface area contributed by atoms with Crippen LogP contribution in [0.1, 0.15) is 30.3 Å². The lowest BCUT2D eigenvalue weighted by atomic mass is 10.1. The first-order valence-electron chi connectivity index (χ1n) is 5.93. The Morgan fingerprint density at radius 2 is 2.29 bits per heavy atom. The van der Waals surface area contributed by atoms with E-state index in [4.69, 9.17) is 12.2 Å². The van der Waals surface area contributed by atoms with Gasteiger partial charge in [-0.25, -0.2) is 0 Å². The predicted octanol–water partition coefficient (Wildman–Crippen LogP) is 2.91. The molecule has 0 aliphatic heterocycles. The molecule has 94 valence electrons. The number of aromatic nitrogens is 1. The lowest BCUT2D eigenvalue weighted by Crippen LogP contribution is -2.37. The Morgan fingerprint density at radius 3 is 2.76 bits per heavy atom. The van der Waals surface area contributed by atoms with Crippen LogP contribution in [0, 0.1) is 16.8 Å². The molecule has 5 heteroatoms. The van der Waals surface area contributed by atoms with Gasteiger partial charge in [-0.15, -0.1) is 11.3 Å². The molecule has 1 fully saturated rings. The molecule has 1 amide bonds. The first-order valence-corrected chi connectivity index (χ1v) is 7.15. The van der Waals surface area contributed by atoms with Gasteiger partial charge in [-0.05, 0) is 44.8 Å². The van der Waals surface area contributed by atoms with E-state index in [2.05, 4.69) is 11.9 Å². The minimum atomic E-state index is 0.192. The number of carbonyl (C=O) groups excluding carboxylic acids is 1. The van der Waals surface area contributed by atoms with Gasteiger partial charge >= 0.3 is 0 Å². The van der Waals surface area contributed by atoms with Crippen LogP contribution in [0.4, 0.5) is 0 Å². The first-order chi connectivity index (χ1) is 7.99. The maximum atomic E-state index is 12.1. The minimum absolute atomic E-state index is 0.192. The Hall–Kier alpha value is -0.680. The molecule has 17 heavy (non-hydrogen) atoms. The van der Waals surface area contributed by atoms with Gasteiger partial charge < -0.3 is 9.88 Å². The molecule has 2 rings (SSSR count). The van der Waals surface area contributed by atoms with Gasteiger partial charge in [0.1, 0.15) is 0 Å². The Balaban J connectivity index is 2.00. The number of aryl methyl sites for hydroxylation is 1. The van der Waals surface area contributed by atoms with Crippen molar-refractivity contribution in [3.8, 4) is 0 Å². The maximum Gasteiger partial charge on any atom is 0.227 e. The number of thiazole rings is 1. The van der Waals surface area contributed by atoms with Crippen LogP contribution in [-0.4, -0.2) is 28.9 Å². The molecule has 1 aromatic heterocycles. The zero-order valence-electron chi connectivity index (χ0n) is 10.4. The molecule has 1 atom stereocenters. The van der Waals surface area contributed by atoms with Crippen molar-refractivity contribution in [2.45, 2.75) is 39.2 Å². The fourth-order valence-electron chi connectivity index (χ4n) is 1.99. The molecule has 1 aliphatic rings. The lowest BCUT2D eigenvalue weighted by Gasteiger charge is -2.24. The van der Waals surface area contributed by atoms with Gasteiger partial charge in [0.05, 0.1) is 6.42 Å². The van der Waals surface area contributed by atoms with Crippen molar-refractivity contribution in [1.82, 2.24) is 9.88 Å². The van der Waals surface area contributed by atoms with E-state index in [1.807, 2.05) is 18.9 Å². The summed E-state index contributed by atoms with van der Waals surface area (Å²) in [4.78, 5) is 18.2. The van der Waals surface area contributed by atoms with E-state index in [1.165, 1.54) is 24.2 Å². The number of amides is 1. The zero-order chi connectivity index (χ0) is 12.6. The second-order valence-electron chi connectivity index (χ2n) is 4.82. The summed E-state index contributed by atoms with van der Waals surface area (Å²) in [5, 5.41) is 0. The molecule has 0 bridgehead atoms. The van der Waals surface area contributed by atoms with Crippen LogP contribution in [-0.2, 0) is 11.2 Å². The highest BCUT2D eigenvalue weighted by atomic mass is 32.1. The third-order valence-corrected chi connectivity index (χ3v) is 4.88. The highest BCUT2D eigenvalue weighted by Gasteiger charge is 2.32. The fraction of sp³-hybridized carbons (Fsp3) is 0.667. The Morgan fingerprint density at radius 1 is 1.65 bits per heavy atom. The number of rotatable bonds is 4. The number of nitrogens with zero attached hydrogens (tertiary/aromatic N) is 1. The van der Waals surface area contributed by atoms with Crippen molar-refractivity contribution >= 4 is 29.5 Å². The maximum absolute atomic E-state index is 12.1. The van der Waals surface area contributed by atoms with Crippen molar-refractivity contribution in [2.75, 3.05) is 7.05 Å². The number of hydrogen-bond acceptors (Lipinski definition) is 3. The molecule has 1 saturated carbocycles. The summed E-state index contributed by atoms with van der Waals surface area (Å²) in [5.41, 5.74) is 1.03. The van der Waals surface area contributed by atoms with Gasteiger partial charge in [0.25, 0.3) is 0 Å². The topological polar surface area (TPSA) is 36.1 Å². The van der Waals surface area contributed by atoms with Crippen molar-refractivity contribution in [3.63, 3.8) is 0 Å². The van der Waals surface area contributed by atoms with Gasteiger partial charge in [0.15, 0.2) is 3.95 Å². The minimum Gasteiger partial charge on any atom is -0.342 e. The Kier molecular flexibility index (Phi) is 3.68. The van der Waals surface area contributed by atoms with Crippen LogP contribution in [0.2, 0.25) is 0 Å². The van der Waals surface area contributed by atoms with Crippen LogP contribution in [0.5, 0.6) is 0 Å². The number of likely N-dealkylation sites (N-methyl/N-ethyl adjacent to an activating group) is 1. The van der Waals surface area contributed by atoms with Gasteiger partial charge in [0.2, 0.25) is 5.91 Å². The average Bonchev–Trinajstić information content (AvgIpc) is 3.05. The number of carbonyl (C=O) groups is 1. The van der Waals surface area contributed by atoms with E-state index >= 15 is 0 Å². The molecular formula is C12H18N2OS2. The first kappa shape index (κ1) is 12.8. The van der Waals surface area contributed by atoms with Gasteiger partial charge in [-0.2, -0.15) is 0 Å². The predicted molar refractivity (Wildman–Crippen MR) is 72.9 cm³/mol. The van der Waals surface area contributed by atoms with Gasteiger partial charge in [-0.3, -0.25) is 4.79 Å². The summed E-state index contributed by atoms with van der Waals surface area (Å²) < 4.78 is 0.753. The third kappa shape index (κ3) is 2.96. The van der Waals surface area contributed by atoms with Crippen LogP contribution in [0.3, 0.4) is 0 Å². The van der Waals surface area contributed by atoms with Gasteiger partial charge in [-0.1, -0.05) is 0 Å². The summed E-state index contributed by atoms with van der Waals surface area (Å²) in [6.07, 6.45) is 3.00. The van der Waals surface area contributed by atoms with Crippen molar-refractivity contribution in [2.24, 2.45) is 5.92 Å². The molecule has 1 unspecified atom stereocenters. The quantitative estimate of drug-likeness (QED) is 0.854. The number of nitrogens with one attached hydrogen (secondary N) is 1. The Bertz CT molecular complexity index is 473. The lowest BCUT2D eigenvalue weighted by molar-refractivity contribution is -0.131. The van der Waals surface area contributed by atoms with Crippen molar-refractivity contribution in [3.05, 3.63) is 14.5 Å². The highest BCUT2D eigenvalue weighted by Crippen LogP contribution is 2.34. The third-order valence-electron chi connectivity index (χ3n) is 3.54. The molecule has 1 heterocycles. The molecule has 3 nitrogen and oxygen atoms in total. The molecular weight excluding hydrogens is 252 g/mol. The van der Waals surface area contributed by atoms with Crippen LogP contribution in [0.25, 0.3) is 0 Å². The van der Waals surface area contributed by atoms with E-state index in [-0.39, 0.29) is 5.91 Å². The summed E-state index contributed by atoms with van der Waals surface area (Å²) >= 11 is 6.59. The van der Waals surface area contributed by atoms with Crippen LogP contribution < -0.4 is 0 Å². The molecule has 0 aromatic carbocycles. The largest absolute Gasteiger partial charge is 0.342 e. The number of aromatic amines is 1. The number of hydrogen-bond donors (Lipinski definition) is 1. The monoisotopic (exact) mass is 270 g/mol. The van der Waals surface area contributed by atoms with E-state index in [0.29, 0.717) is 12.5 Å². The van der Waals surface area contributed by atoms with E-state index in [1.54, 1.807) is 0 Å².